The van der Waals surface area contributed by atoms with Gasteiger partial charge in [0.1, 0.15) is 0 Å². The number of methoxy groups -OCH3 is 1. The van der Waals surface area contributed by atoms with Gasteiger partial charge in [0, 0.05) is 44.2 Å². The molecule has 2 aromatic heterocycles. The molecule has 0 aliphatic carbocycles. The first-order valence-electron chi connectivity index (χ1n) is 9.48. The number of fused-ring (bicyclic) bond motifs is 1. The monoisotopic (exact) mass is 437 g/mol. The number of furan rings is 1. The SMILES string of the molecule is COc1cc(C(=O)N2C[C@@H]3CN(Cc4ccoc4)CCO[C@@H]3C2)on1.O=C(O)C(=O)O. The first kappa shape index (κ1) is 22.3. The average Bonchev–Trinajstić information content (AvgIpc) is 3.48. The topological polar surface area (TPSA) is 156 Å². The van der Waals surface area contributed by atoms with E-state index in [1.165, 1.54) is 13.2 Å². The Bertz CT molecular complexity index is 883. The molecule has 2 N–H and O–H groups in total. The third-order valence-electron chi connectivity index (χ3n) is 4.98. The molecule has 2 aliphatic heterocycles. The van der Waals surface area contributed by atoms with Crippen molar-refractivity contribution < 1.29 is 43.0 Å². The molecule has 0 radical (unpaired) electrons. The van der Waals surface area contributed by atoms with Gasteiger partial charge in [-0.3, -0.25) is 9.69 Å². The quantitative estimate of drug-likeness (QED) is 0.638. The van der Waals surface area contributed by atoms with Crippen LogP contribution in [-0.2, 0) is 20.9 Å². The Morgan fingerprint density at radius 2 is 2.00 bits per heavy atom. The van der Waals surface area contributed by atoms with Crippen LogP contribution >= 0.6 is 0 Å². The molecule has 0 bridgehead atoms. The smallest absolute Gasteiger partial charge is 0.414 e. The number of aromatic nitrogens is 1. The van der Waals surface area contributed by atoms with Crippen LogP contribution in [0.2, 0.25) is 0 Å². The lowest BCUT2D eigenvalue weighted by molar-refractivity contribution is -0.159. The molecule has 0 saturated carbocycles. The molecule has 1 amide bonds. The molecule has 2 aliphatic rings. The van der Waals surface area contributed by atoms with Gasteiger partial charge in [-0.1, -0.05) is 0 Å². The zero-order valence-corrected chi connectivity index (χ0v) is 16.8. The molecule has 2 fully saturated rings. The Labute approximate surface area is 176 Å². The summed E-state index contributed by atoms with van der Waals surface area (Å²) in [5.41, 5.74) is 1.15. The molecule has 168 valence electrons. The Hall–Kier alpha value is -3.38. The van der Waals surface area contributed by atoms with Gasteiger partial charge >= 0.3 is 11.9 Å². The lowest BCUT2D eigenvalue weighted by atomic mass is 10.1. The van der Waals surface area contributed by atoms with Crippen molar-refractivity contribution in [3.05, 3.63) is 36.0 Å². The number of nitrogens with zero attached hydrogens (tertiary/aromatic N) is 3. The highest BCUT2D eigenvalue weighted by Crippen LogP contribution is 2.26. The summed E-state index contributed by atoms with van der Waals surface area (Å²) in [4.78, 5) is 34.9. The largest absolute Gasteiger partial charge is 0.479 e. The maximum absolute atomic E-state index is 12.6. The van der Waals surface area contributed by atoms with Gasteiger partial charge in [-0.2, -0.15) is 0 Å². The van der Waals surface area contributed by atoms with E-state index in [1.807, 2.05) is 6.07 Å². The fourth-order valence-corrected chi connectivity index (χ4v) is 3.52. The molecular weight excluding hydrogens is 414 g/mol. The molecule has 4 heterocycles. The standard InChI is InChI=1S/C17H21N3O5.C2H2O4/c1-22-16-6-14(25-18-16)17(21)20-9-13-8-19(3-5-24-15(13)10-20)7-12-2-4-23-11-12;3-1(4)2(5)6/h2,4,6,11,13,15H,3,5,7-10H2,1H3;(H,3,4)(H,5,6)/t13-,15+;/m0./s1. The van der Waals surface area contributed by atoms with E-state index >= 15 is 0 Å². The van der Waals surface area contributed by atoms with E-state index in [1.54, 1.807) is 17.4 Å². The number of hydrogen-bond donors (Lipinski definition) is 2. The number of carboxylic acids is 2. The first-order valence-corrected chi connectivity index (χ1v) is 9.48. The highest BCUT2D eigenvalue weighted by Gasteiger charge is 2.39. The van der Waals surface area contributed by atoms with E-state index in [4.69, 9.17) is 38.2 Å². The highest BCUT2D eigenvalue weighted by molar-refractivity contribution is 6.27. The van der Waals surface area contributed by atoms with E-state index in [0.29, 0.717) is 25.6 Å². The Morgan fingerprint density at radius 3 is 2.61 bits per heavy atom. The predicted octanol–water partition coefficient (Wildman–Crippen LogP) is 0.405. The van der Waals surface area contributed by atoms with Crippen molar-refractivity contribution in [3.8, 4) is 5.88 Å². The normalized spacial score (nSPS) is 20.9. The van der Waals surface area contributed by atoms with Gasteiger partial charge in [0.2, 0.25) is 5.76 Å². The molecular formula is C19H23N3O9. The van der Waals surface area contributed by atoms with Crippen LogP contribution < -0.4 is 4.74 Å². The fourth-order valence-electron chi connectivity index (χ4n) is 3.52. The minimum atomic E-state index is -1.82. The van der Waals surface area contributed by atoms with Crippen molar-refractivity contribution in [3.63, 3.8) is 0 Å². The van der Waals surface area contributed by atoms with Crippen molar-refractivity contribution in [2.24, 2.45) is 5.92 Å². The molecule has 4 rings (SSSR count). The summed E-state index contributed by atoms with van der Waals surface area (Å²) in [5, 5.41) is 18.5. The third kappa shape index (κ3) is 5.83. The van der Waals surface area contributed by atoms with Gasteiger partial charge in [0.05, 0.1) is 38.4 Å². The number of aliphatic carboxylic acids is 2. The molecule has 12 nitrogen and oxygen atoms in total. The summed E-state index contributed by atoms with van der Waals surface area (Å²) in [7, 11) is 1.49. The predicted molar refractivity (Wildman–Crippen MR) is 101 cm³/mol. The van der Waals surface area contributed by atoms with E-state index < -0.39 is 11.9 Å². The van der Waals surface area contributed by atoms with Gasteiger partial charge in [0.15, 0.2) is 0 Å². The van der Waals surface area contributed by atoms with Crippen LogP contribution in [0.3, 0.4) is 0 Å². The van der Waals surface area contributed by atoms with Crippen LogP contribution in [0, 0.1) is 5.92 Å². The van der Waals surface area contributed by atoms with Crippen molar-refractivity contribution in [1.82, 2.24) is 15.0 Å². The van der Waals surface area contributed by atoms with Crippen LogP contribution in [0.5, 0.6) is 5.88 Å². The number of amides is 1. The number of carbonyl (C=O) groups is 3. The number of ether oxygens (including phenoxy) is 2. The number of rotatable bonds is 4. The molecule has 0 spiro atoms. The first-order chi connectivity index (χ1) is 14.9. The molecule has 12 heteroatoms. The Morgan fingerprint density at radius 1 is 1.23 bits per heavy atom. The Balaban J connectivity index is 0.000000401. The number of carboxylic acid groups (broad SMARTS) is 2. The van der Waals surface area contributed by atoms with Crippen LogP contribution in [0.15, 0.2) is 33.6 Å². The molecule has 2 atom stereocenters. The van der Waals surface area contributed by atoms with E-state index in [9.17, 15) is 4.79 Å². The lowest BCUT2D eigenvalue weighted by Crippen LogP contribution is -2.33. The molecule has 31 heavy (non-hydrogen) atoms. The van der Waals surface area contributed by atoms with Crippen molar-refractivity contribution >= 4 is 17.8 Å². The number of likely N-dealkylation sites (tertiary alicyclic amines) is 1. The summed E-state index contributed by atoms with van der Waals surface area (Å²) < 4.78 is 21.2. The van der Waals surface area contributed by atoms with Crippen molar-refractivity contribution in [2.45, 2.75) is 12.6 Å². The fraction of sp³-hybridized carbons (Fsp3) is 0.474. The lowest BCUT2D eigenvalue weighted by Gasteiger charge is -2.22. The second kappa shape index (κ2) is 10.1. The summed E-state index contributed by atoms with van der Waals surface area (Å²) in [6, 6.07) is 3.49. The second-order valence-electron chi connectivity index (χ2n) is 7.09. The maximum Gasteiger partial charge on any atom is 0.414 e. The number of hydrogen-bond acceptors (Lipinski definition) is 9. The van der Waals surface area contributed by atoms with Crippen LogP contribution in [-0.4, -0.2) is 89.0 Å². The third-order valence-corrected chi connectivity index (χ3v) is 4.98. The van der Waals surface area contributed by atoms with Crippen LogP contribution in [0.25, 0.3) is 0 Å². The molecule has 0 aromatic carbocycles. The van der Waals surface area contributed by atoms with Crippen molar-refractivity contribution in [1.29, 1.82) is 0 Å². The summed E-state index contributed by atoms with van der Waals surface area (Å²) >= 11 is 0. The zero-order chi connectivity index (χ0) is 22.4. The zero-order valence-electron chi connectivity index (χ0n) is 16.8. The molecule has 2 aromatic rings. The number of carbonyl (C=O) groups excluding carboxylic acids is 1. The van der Waals surface area contributed by atoms with Gasteiger partial charge in [-0.15, -0.1) is 0 Å². The highest BCUT2D eigenvalue weighted by atomic mass is 16.5. The maximum atomic E-state index is 12.6. The van der Waals surface area contributed by atoms with E-state index in [2.05, 4.69) is 10.1 Å². The van der Waals surface area contributed by atoms with Gasteiger partial charge < -0.3 is 33.5 Å². The van der Waals surface area contributed by atoms with Crippen molar-refractivity contribution in [2.75, 3.05) is 39.9 Å². The van der Waals surface area contributed by atoms with E-state index in [-0.39, 0.29) is 23.7 Å². The summed E-state index contributed by atoms with van der Waals surface area (Å²) in [5.74, 6) is -3.04. The second-order valence-corrected chi connectivity index (χ2v) is 7.09. The van der Waals surface area contributed by atoms with Crippen LogP contribution in [0.4, 0.5) is 0 Å². The Kier molecular flexibility index (Phi) is 7.26. The van der Waals surface area contributed by atoms with Gasteiger partial charge in [0.25, 0.3) is 11.8 Å². The summed E-state index contributed by atoms with van der Waals surface area (Å²) in [6.45, 7) is 4.48. The van der Waals surface area contributed by atoms with E-state index in [0.717, 1.165) is 25.2 Å². The minimum absolute atomic E-state index is 0.0584. The summed E-state index contributed by atoms with van der Waals surface area (Å²) in [6.07, 6.45) is 3.52. The van der Waals surface area contributed by atoms with Crippen LogP contribution in [0.1, 0.15) is 16.1 Å². The van der Waals surface area contributed by atoms with Gasteiger partial charge in [-0.05, 0) is 11.2 Å². The van der Waals surface area contributed by atoms with Gasteiger partial charge in [-0.25, -0.2) is 9.59 Å². The average molecular weight is 437 g/mol. The minimum Gasteiger partial charge on any atom is -0.479 e. The molecule has 0 unspecified atom stereocenters. The molecule has 2 saturated heterocycles.